The topological polar surface area (TPSA) is 105 Å². The normalized spacial score (nSPS) is 26.6. The van der Waals surface area contributed by atoms with Gasteiger partial charge in [0, 0.05) is 5.38 Å². The predicted molar refractivity (Wildman–Crippen MR) is 70.1 cm³/mol. The van der Waals surface area contributed by atoms with Gasteiger partial charge in [0.1, 0.15) is 0 Å². The van der Waals surface area contributed by atoms with E-state index in [0.29, 0.717) is 5.69 Å². The van der Waals surface area contributed by atoms with E-state index in [0.717, 1.165) is 11.3 Å². The van der Waals surface area contributed by atoms with E-state index in [1.807, 2.05) is 19.3 Å². The zero-order valence-corrected chi connectivity index (χ0v) is 11.9. The van der Waals surface area contributed by atoms with Crippen molar-refractivity contribution in [1.82, 2.24) is 15.3 Å². The van der Waals surface area contributed by atoms with Crippen molar-refractivity contribution in [3.05, 3.63) is 16.1 Å². The Kier molecular flexibility index (Phi) is 2.70. The Morgan fingerprint density at radius 3 is 2.60 bits per heavy atom. The van der Waals surface area contributed by atoms with Crippen molar-refractivity contribution in [2.24, 2.45) is 23.1 Å². The summed E-state index contributed by atoms with van der Waals surface area (Å²) in [5.74, 6) is 3.88. The van der Waals surface area contributed by atoms with E-state index < -0.39 is 5.91 Å². The fourth-order valence-corrected chi connectivity index (χ4v) is 3.58. The van der Waals surface area contributed by atoms with Crippen molar-refractivity contribution in [1.29, 1.82) is 0 Å². The van der Waals surface area contributed by atoms with Crippen LogP contribution in [-0.2, 0) is 16.1 Å². The van der Waals surface area contributed by atoms with Gasteiger partial charge in [-0.05, 0) is 5.41 Å². The van der Waals surface area contributed by atoms with Gasteiger partial charge in [-0.3, -0.25) is 24.7 Å². The SMILES string of the molecule is CC1(C)C2C(=O)N(Cc3csc(C(=O)NN)n3)C(=O)C21. The van der Waals surface area contributed by atoms with E-state index in [4.69, 9.17) is 5.84 Å². The molecule has 8 heteroatoms. The van der Waals surface area contributed by atoms with E-state index in [-0.39, 0.29) is 40.6 Å². The molecule has 1 saturated carbocycles. The number of carbonyl (C=O) groups excluding carboxylic acids is 3. The number of hydrogen-bond acceptors (Lipinski definition) is 6. The molecule has 1 aliphatic carbocycles. The van der Waals surface area contributed by atoms with Gasteiger partial charge in [0.05, 0.1) is 24.1 Å². The summed E-state index contributed by atoms with van der Waals surface area (Å²) in [5, 5.41) is 1.87. The molecule has 1 aromatic rings. The molecule has 2 heterocycles. The monoisotopic (exact) mass is 294 g/mol. The number of nitrogens with zero attached hydrogens (tertiary/aromatic N) is 2. The molecule has 3 amide bonds. The van der Waals surface area contributed by atoms with Crippen LogP contribution in [0.2, 0.25) is 0 Å². The lowest BCUT2D eigenvalue weighted by Gasteiger charge is -2.19. The third kappa shape index (κ3) is 1.68. The first-order chi connectivity index (χ1) is 9.37. The zero-order valence-electron chi connectivity index (χ0n) is 11.0. The highest BCUT2D eigenvalue weighted by atomic mass is 32.1. The first-order valence-corrected chi connectivity index (χ1v) is 7.06. The summed E-state index contributed by atoms with van der Waals surface area (Å²) in [4.78, 5) is 40.9. The molecule has 1 aromatic heterocycles. The lowest BCUT2D eigenvalue weighted by Crippen LogP contribution is -2.35. The standard InChI is InChI=1S/C12H14N4O3S/c1-12(2)6-7(12)11(19)16(10(6)18)3-5-4-20-9(14-5)8(17)15-13/h4,6-7H,3,13H2,1-2H3,(H,15,17). The summed E-state index contributed by atoms with van der Waals surface area (Å²) in [6.45, 7) is 3.99. The average molecular weight is 294 g/mol. The Bertz CT molecular complexity index is 600. The van der Waals surface area contributed by atoms with Gasteiger partial charge in [0.15, 0.2) is 5.01 Å². The van der Waals surface area contributed by atoms with Gasteiger partial charge < -0.3 is 0 Å². The molecule has 0 aromatic carbocycles. The minimum atomic E-state index is -0.482. The summed E-state index contributed by atoms with van der Waals surface area (Å²) in [5.41, 5.74) is 2.30. The Balaban J connectivity index is 1.74. The third-order valence-electron chi connectivity index (χ3n) is 4.09. The maximum absolute atomic E-state index is 12.2. The first kappa shape index (κ1) is 13.2. The molecule has 7 nitrogen and oxygen atoms in total. The molecule has 2 atom stereocenters. The average Bonchev–Trinajstić information content (AvgIpc) is 2.74. The number of rotatable bonds is 3. The molecule has 2 aliphatic rings. The van der Waals surface area contributed by atoms with Crippen LogP contribution in [0.25, 0.3) is 0 Å². The van der Waals surface area contributed by atoms with Crippen LogP contribution in [0.3, 0.4) is 0 Å². The number of hydrazine groups is 1. The van der Waals surface area contributed by atoms with Crippen LogP contribution in [0.15, 0.2) is 5.38 Å². The van der Waals surface area contributed by atoms with Gasteiger partial charge in [0.25, 0.3) is 5.91 Å². The first-order valence-electron chi connectivity index (χ1n) is 6.18. The van der Waals surface area contributed by atoms with Crippen LogP contribution in [0.5, 0.6) is 0 Å². The second kappa shape index (κ2) is 4.10. The Labute approximate surface area is 119 Å². The number of piperidine rings is 1. The van der Waals surface area contributed by atoms with Gasteiger partial charge in [0.2, 0.25) is 11.8 Å². The molecule has 1 saturated heterocycles. The summed E-state index contributed by atoms with van der Waals surface area (Å²) in [7, 11) is 0. The van der Waals surface area contributed by atoms with Gasteiger partial charge >= 0.3 is 0 Å². The Morgan fingerprint density at radius 1 is 1.45 bits per heavy atom. The van der Waals surface area contributed by atoms with Crippen molar-refractivity contribution < 1.29 is 14.4 Å². The molecule has 1 aliphatic heterocycles. The number of imide groups is 1. The van der Waals surface area contributed by atoms with Crippen molar-refractivity contribution in [2.75, 3.05) is 0 Å². The lowest BCUT2D eigenvalue weighted by molar-refractivity contribution is -0.143. The van der Waals surface area contributed by atoms with Gasteiger partial charge in [-0.15, -0.1) is 11.3 Å². The number of nitrogens with two attached hydrogens (primary N) is 1. The van der Waals surface area contributed by atoms with Crippen LogP contribution in [0.4, 0.5) is 0 Å². The molecule has 3 rings (SSSR count). The molecule has 0 radical (unpaired) electrons. The minimum absolute atomic E-state index is 0.120. The number of hydrogen-bond donors (Lipinski definition) is 2. The fraction of sp³-hybridized carbons (Fsp3) is 0.500. The number of thiazole rings is 1. The summed E-state index contributed by atoms with van der Waals surface area (Å²) < 4.78 is 0. The van der Waals surface area contributed by atoms with Crippen LogP contribution in [0, 0.1) is 17.3 Å². The maximum Gasteiger partial charge on any atom is 0.294 e. The molecule has 2 fully saturated rings. The molecular weight excluding hydrogens is 280 g/mol. The van der Waals surface area contributed by atoms with Crippen LogP contribution in [-0.4, -0.2) is 27.6 Å². The highest BCUT2D eigenvalue weighted by Gasteiger charge is 2.72. The van der Waals surface area contributed by atoms with Crippen LogP contribution in [0.1, 0.15) is 29.3 Å². The van der Waals surface area contributed by atoms with Gasteiger partial charge in [-0.25, -0.2) is 10.8 Å². The van der Waals surface area contributed by atoms with E-state index in [1.54, 1.807) is 5.38 Å². The number of nitrogens with one attached hydrogen (secondary N) is 1. The summed E-state index contributed by atoms with van der Waals surface area (Å²) in [6.07, 6.45) is 0. The smallest absolute Gasteiger partial charge is 0.288 e. The second-order valence-corrected chi connectivity index (χ2v) is 6.51. The lowest BCUT2D eigenvalue weighted by atomic mass is 10.1. The Morgan fingerprint density at radius 2 is 2.05 bits per heavy atom. The van der Waals surface area contributed by atoms with Gasteiger partial charge in [-0.1, -0.05) is 13.8 Å². The van der Waals surface area contributed by atoms with E-state index in [2.05, 4.69) is 4.98 Å². The number of likely N-dealkylation sites (tertiary alicyclic amines) is 1. The van der Waals surface area contributed by atoms with Crippen LogP contribution < -0.4 is 11.3 Å². The molecule has 3 N–H and O–H groups in total. The summed E-state index contributed by atoms with van der Waals surface area (Å²) in [6, 6.07) is 0. The van der Waals surface area contributed by atoms with E-state index >= 15 is 0 Å². The zero-order chi connectivity index (χ0) is 14.7. The molecule has 2 unspecified atom stereocenters. The number of fused-ring (bicyclic) bond motifs is 1. The number of nitrogen functional groups attached to an aromatic ring is 1. The van der Waals surface area contributed by atoms with Crippen molar-refractivity contribution in [3.63, 3.8) is 0 Å². The van der Waals surface area contributed by atoms with Crippen molar-refractivity contribution in [2.45, 2.75) is 20.4 Å². The number of amides is 3. The fourth-order valence-electron chi connectivity index (χ4n) is 2.87. The highest BCUT2D eigenvalue weighted by Crippen LogP contribution is 2.63. The van der Waals surface area contributed by atoms with E-state index in [1.165, 1.54) is 4.90 Å². The summed E-state index contributed by atoms with van der Waals surface area (Å²) >= 11 is 1.13. The predicted octanol–water partition coefficient (Wildman–Crippen LogP) is -0.112. The molecular formula is C12H14N4O3S. The molecule has 0 spiro atoms. The van der Waals surface area contributed by atoms with Crippen molar-refractivity contribution in [3.8, 4) is 0 Å². The van der Waals surface area contributed by atoms with Gasteiger partial charge in [-0.2, -0.15) is 0 Å². The number of aromatic nitrogens is 1. The largest absolute Gasteiger partial charge is 0.294 e. The van der Waals surface area contributed by atoms with E-state index in [9.17, 15) is 14.4 Å². The van der Waals surface area contributed by atoms with Crippen LogP contribution >= 0.6 is 11.3 Å². The minimum Gasteiger partial charge on any atom is -0.288 e. The Hall–Kier alpha value is -1.80. The molecule has 0 bridgehead atoms. The third-order valence-corrected chi connectivity index (χ3v) is 4.98. The molecule has 106 valence electrons. The van der Waals surface area contributed by atoms with Crippen molar-refractivity contribution >= 4 is 29.1 Å². The number of carbonyl (C=O) groups is 3. The highest BCUT2D eigenvalue weighted by molar-refractivity contribution is 7.11. The quantitative estimate of drug-likeness (QED) is 0.350. The molecule has 20 heavy (non-hydrogen) atoms. The maximum atomic E-state index is 12.2. The second-order valence-electron chi connectivity index (χ2n) is 5.66.